The van der Waals surface area contributed by atoms with E-state index in [-0.39, 0.29) is 24.0 Å². The molecule has 7 heteroatoms. The molecule has 0 saturated heterocycles. The standard InChI is InChI=1S/C15H17N3O4/c1-10-3-6-12(18(20)21)13(7-10)22-8-14(19)17-15(2,9-16)11-4-5-11/h3,6-7,11H,4-5,8H2,1-2H3,(H,17,19)/t15-/m1/s1. The first-order valence-corrected chi connectivity index (χ1v) is 6.96. The quantitative estimate of drug-likeness (QED) is 0.640. The third-order valence-electron chi connectivity index (χ3n) is 3.70. The summed E-state index contributed by atoms with van der Waals surface area (Å²) >= 11 is 0. The number of carbonyl (C=O) groups excluding carboxylic acids is 1. The molecule has 1 aliphatic carbocycles. The van der Waals surface area contributed by atoms with E-state index in [1.807, 2.05) is 0 Å². The second-order valence-electron chi connectivity index (χ2n) is 5.65. The first-order valence-electron chi connectivity index (χ1n) is 6.96. The average molecular weight is 303 g/mol. The molecule has 0 radical (unpaired) electrons. The van der Waals surface area contributed by atoms with E-state index >= 15 is 0 Å². The SMILES string of the molecule is Cc1ccc([N+](=O)[O-])c(OCC(=O)N[C@](C)(C#N)C2CC2)c1. The Balaban J connectivity index is 2.01. The Labute approximate surface area is 128 Å². The van der Waals surface area contributed by atoms with Crippen LogP contribution in [0.15, 0.2) is 18.2 Å². The van der Waals surface area contributed by atoms with Gasteiger partial charge in [-0.15, -0.1) is 0 Å². The van der Waals surface area contributed by atoms with Crippen molar-refractivity contribution in [2.45, 2.75) is 32.2 Å². The minimum atomic E-state index is -0.904. The Kier molecular flexibility index (Phi) is 4.31. The molecule has 0 aliphatic heterocycles. The molecule has 1 amide bonds. The van der Waals surface area contributed by atoms with Gasteiger partial charge >= 0.3 is 5.69 Å². The van der Waals surface area contributed by atoms with Crippen molar-refractivity contribution < 1.29 is 14.5 Å². The van der Waals surface area contributed by atoms with Gasteiger partial charge in [0.15, 0.2) is 12.4 Å². The summed E-state index contributed by atoms with van der Waals surface area (Å²) in [5.41, 5.74) is -0.302. The van der Waals surface area contributed by atoms with Crippen molar-refractivity contribution >= 4 is 11.6 Å². The summed E-state index contributed by atoms with van der Waals surface area (Å²) < 4.78 is 5.27. The first-order chi connectivity index (χ1) is 10.4. The van der Waals surface area contributed by atoms with E-state index < -0.39 is 16.4 Å². The van der Waals surface area contributed by atoms with Gasteiger partial charge in [-0.1, -0.05) is 6.07 Å². The number of nitro groups is 1. The lowest BCUT2D eigenvalue weighted by Crippen LogP contribution is -2.48. The zero-order valence-corrected chi connectivity index (χ0v) is 12.5. The van der Waals surface area contributed by atoms with Crippen molar-refractivity contribution in [2.75, 3.05) is 6.61 Å². The van der Waals surface area contributed by atoms with Gasteiger partial charge in [-0.05, 0) is 44.2 Å². The molecule has 0 spiro atoms. The van der Waals surface area contributed by atoms with Crippen LogP contribution in [0.5, 0.6) is 5.75 Å². The number of nitrogens with zero attached hydrogens (tertiary/aromatic N) is 2. The fourth-order valence-electron chi connectivity index (χ4n) is 2.24. The van der Waals surface area contributed by atoms with Crippen LogP contribution in [-0.2, 0) is 4.79 Å². The third-order valence-corrected chi connectivity index (χ3v) is 3.70. The summed E-state index contributed by atoms with van der Waals surface area (Å²) in [6, 6.07) is 6.56. The van der Waals surface area contributed by atoms with Crippen LogP contribution in [0.2, 0.25) is 0 Å². The Morgan fingerprint density at radius 2 is 2.27 bits per heavy atom. The highest BCUT2D eigenvalue weighted by Crippen LogP contribution is 2.39. The van der Waals surface area contributed by atoms with Crippen LogP contribution in [0, 0.1) is 34.3 Å². The summed E-state index contributed by atoms with van der Waals surface area (Å²) in [6.45, 7) is 3.09. The monoisotopic (exact) mass is 303 g/mol. The summed E-state index contributed by atoms with van der Waals surface area (Å²) in [5, 5.41) is 22.8. The molecule has 1 saturated carbocycles. The van der Waals surface area contributed by atoms with Crippen molar-refractivity contribution in [3.8, 4) is 11.8 Å². The molecule has 0 heterocycles. The van der Waals surface area contributed by atoms with Crippen molar-refractivity contribution in [1.29, 1.82) is 5.26 Å². The predicted molar refractivity (Wildman–Crippen MR) is 78.2 cm³/mol. The topological polar surface area (TPSA) is 105 Å². The maximum absolute atomic E-state index is 11.9. The van der Waals surface area contributed by atoms with Gasteiger partial charge in [0.25, 0.3) is 5.91 Å². The Morgan fingerprint density at radius 3 is 2.82 bits per heavy atom. The van der Waals surface area contributed by atoms with Crippen LogP contribution in [0.1, 0.15) is 25.3 Å². The summed E-state index contributed by atoms with van der Waals surface area (Å²) in [5.74, 6) is -0.258. The predicted octanol–water partition coefficient (Wildman–Crippen LogP) is 2.09. The zero-order valence-electron chi connectivity index (χ0n) is 12.5. The second-order valence-corrected chi connectivity index (χ2v) is 5.65. The Hall–Kier alpha value is -2.62. The van der Waals surface area contributed by atoms with Crippen LogP contribution in [0.3, 0.4) is 0 Å². The van der Waals surface area contributed by atoms with Crippen LogP contribution < -0.4 is 10.1 Å². The molecular weight excluding hydrogens is 286 g/mol. The van der Waals surface area contributed by atoms with Gasteiger partial charge in [-0.3, -0.25) is 14.9 Å². The molecule has 1 aromatic carbocycles. The molecule has 1 N–H and O–H groups in total. The fourth-order valence-corrected chi connectivity index (χ4v) is 2.24. The molecule has 0 aromatic heterocycles. The first kappa shape index (κ1) is 15.8. The number of nitro benzene ring substituents is 1. The molecule has 1 fully saturated rings. The van der Waals surface area contributed by atoms with Gasteiger partial charge in [-0.25, -0.2) is 0 Å². The van der Waals surface area contributed by atoms with E-state index in [4.69, 9.17) is 4.74 Å². The Bertz CT molecular complexity index is 649. The lowest BCUT2D eigenvalue weighted by atomic mass is 9.98. The second kappa shape index (κ2) is 6.02. The van der Waals surface area contributed by atoms with E-state index in [2.05, 4.69) is 11.4 Å². The van der Waals surface area contributed by atoms with E-state index in [0.717, 1.165) is 18.4 Å². The molecule has 22 heavy (non-hydrogen) atoms. The number of hydrogen-bond donors (Lipinski definition) is 1. The smallest absolute Gasteiger partial charge is 0.310 e. The number of ether oxygens (including phenoxy) is 1. The lowest BCUT2D eigenvalue weighted by molar-refractivity contribution is -0.385. The van der Waals surface area contributed by atoms with Gasteiger partial charge in [0, 0.05) is 6.07 Å². The summed E-state index contributed by atoms with van der Waals surface area (Å²) in [4.78, 5) is 22.3. The van der Waals surface area contributed by atoms with Gasteiger partial charge in [0.1, 0.15) is 5.54 Å². The maximum atomic E-state index is 11.9. The molecule has 0 unspecified atom stereocenters. The van der Waals surface area contributed by atoms with Crippen molar-refractivity contribution in [1.82, 2.24) is 5.32 Å². The van der Waals surface area contributed by atoms with E-state index in [9.17, 15) is 20.2 Å². The van der Waals surface area contributed by atoms with Crippen LogP contribution in [0.25, 0.3) is 0 Å². The van der Waals surface area contributed by atoms with E-state index in [1.54, 1.807) is 19.9 Å². The van der Waals surface area contributed by atoms with Crippen molar-refractivity contribution in [3.63, 3.8) is 0 Å². The van der Waals surface area contributed by atoms with Crippen LogP contribution in [-0.4, -0.2) is 23.0 Å². The number of nitriles is 1. The van der Waals surface area contributed by atoms with Crippen molar-refractivity contribution in [2.24, 2.45) is 5.92 Å². The number of carbonyl (C=O) groups is 1. The minimum absolute atomic E-state index is 0.0465. The maximum Gasteiger partial charge on any atom is 0.310 e. The van der Waals surface area contributed by atoms with Gasteiger partial charge in [0.05, 0.1) is 11.0 Å². The number of amides is 1. The molecule has 116 valence electrons. The molecule has 1 aromatic rings. The molecule has 1 aliphatic rings. The lowest BCUT2D eigenvalue weighted by Gasteiger charge is -2.22. The number of aryl methyl sites for hydroxylation is 1. The molecular formula is C15H17N3O4. The highest BCUT2D eigenvalue weighted by Gasteiger charge is 2.43. The number of rotatable bonds is 6. The van der Waals surface area contributed by atoms with Crippen LogP contribution in [0.4, 0.5) is 5.69 Å². The van der Waals surface area contributed by atoms with E-state index in [0.29, 0.717) is 0 Å². The number of nitrogens with one attached hydrogen (secondary N) is 1. The summed E-state index contributed by atoms with van der Waals surface area (Å²) in [6.07, 6.45) is 1.82. The van der Waals surface area contributed by atoms with E-state index in [1.165, 1.54) is 12.1 Å². The average Bonchev–Trinajstić information content (AvgIpc) is 3.29. The van der Waals surface area contributed by atoms with Gasteiger partial charge in [0.2, 0.25) is 0 Å². The zero-order chi connectivity index (χ0) is 16.3. The largest absolute Gasteiger partial charge is 0.477 e. The number of hydrogen-bond acceptors (Lipinski definition) is 5. The Morgan fingerprint density at radius 1 is 1.59 bits per heavy atom. The molecule has 7 nitrogen and oxygen atoms in total. The fraction of sp³-hybridized carbons (Fsp3) is 0.467. The van der Waals surface area contributed by atoms with Crippen LogP contribution >= 0.6 is 0 Å². The molecule has 2 rings (SSSR count). The third kappa shape index (κ3) is 3.52. The molecule has 1 atom stereocenters. The molecule has 0 bridgehead atoms. The normalized spacial score (nSPS) is 16.2. The highest BCUT2D eigenvalue weighted by atomic mass is 16.6. The van der Waals surface area contributed by atoms with Gasteiger partial charge in [-0.2, -0.15) is 5.26 Å². The van der Waals surface area contributed by atoms with Gasteiger partial charge < -0.3 is 10.1 Å². The van der Waals surface area contributed by atoms with Crippen molar-refractivity contribution in [3.05, 3.63) is 33.9 Å². The summed E-state index contributed by atoms with van der Waals surface area (Å²) in [7, 11) is 0. The number of benzene rings is 1. The minimum Gasteiger partial charge on any atom is -0.477 e. The highest BCUT2D eigenvalue weighted by molar-refractivity contribution is 5.79.